The molecule has 0 aromatic rings. The number of nitrogens with zero attached hydrogens (tertiary/aromatic N) is 1. The van der Waals surface area contributed by atoms with E-state index in [1.807, 2.05) is 0 Å². The van der Waals surface area contributed by atoms with Crippen LogP contribution in [0, 0.1) is 0 Å². The summed E-state index contributed by atoms with van der Waals surface area (Å²) in [5.74, 6) is 0. The molecule has 1 nitrogen and oxygen atoms in total. The van der Waals surface area contributed by atoms with Crippen LogP contribution < -0.4 is 0 Å². The van der Waals surface area contributed by atoms with Gasteiger partial charge in [-0.05, 0) is 33.0 Å². The number of hydrogen-bond donors (Lipinski definition) is 0. The van der Waals surface area contributed by atoms with Gasteiger partial charge < -0.3 is 4.90 Å². The van der Waals surface area contributed by atoms with Gasteiger partial charge in [0.05, 0.1) is 0 Å². The van der Waals surface area contributed by atoms with E-state index in [1.165, 1.54) is 142 Å². The molecule has 26 heavy (non-hydrogen) atoms. The predicted octanol–water partition coefficient (Wildman–Crippen LogP) is 8.76. The molecule has 0 atom stereocenters. The standard InChI is InChI=1S/C25H53N/c1-4-6-8-10-12-14-16-18-20-22-24-26(3)25-23-21-19-17-15-13-11-9-7-5-2/h4-25H2,1-3H3. The minimum Gasteiger partial charge on any atom is -0.306 e. The first-order chi connectivity index (χ1) is 12.8. The zero-order chi connectivity index (χ0) is 19.1. The van der Waals surface area contributed by atoms with E-state index < -0.39 is 0 Å². The lowest BCUT2D eigenvalue weighted by Gasteiger charge is -2.16. The molecule has 0 heterocycles. The van der Waals surface area contributed by atoms with Crippen molar-refractivity contribution in [3.63, 3.8) is 0 Å². The van der Waals surface area contributed by atoms with Crippen molar-refractivity contribution in [1.29, 1.82) is 0 Å². The lowest BCUT2D eigenvalue weighted by Crippen LogP contribution is -2.20. The zero-order valence-electron chi connectivity index (χ0n) is 19.0. The van der Waals surface area contributed by atoms with Crippen LogP contribution in [0.2, 0.25) is 0 Å². The molecule has 0 N–H and O–H groups in total. The molecule has 0 rings (SSSR count). The van der Waals surface area contributed by atoms with Crippen molar-refractivity contribution in [1.82, 2.24) is 4.90 Å². The highest BCUT2D eigenvalue weighted by Crippen LogP contribution is 2.12. The van der Waals surface area contributed by atoms with Crippen molar-refractivity contribution in [2.75, 3.05) is 20.1 Å². The second-order valence-electron chi connectivity index (χ2n) is 8.67. The maximum Gasteiger partial charge on any atom is -0.00218 e. The van der Waals surface area contributed by atoms with Crippen molar-refractivity contribution in [3.05, 3.63) is 0 Å². The first kappa shape index (κ1) is 26.0. The van der Waals surface area contributed by atoms with Gasteiger partial charge in [-0.15, -0.1) is 0 Å². The minimum atomic E-state index is 1.31. The van der Waals surface area contributed by atoms with E-state index in [0.717, 1.165) is 0 Å². The summed E-state index contributed by atoms with van der Waals surface area (Å²) < 4.78 is 0. The Bertz CT molecular complexity index is 214. The van der Waals surface area contributed by atoms with E-state index in [0.29, 0.717) is 0 Å². The second-order valence-corrected chi connectivity index (χ2v) is 8.67. The fourth-order valence-electron chi connectivity index (χ4n) is 3.85. The van der Waals surface area contributed by atoms with Crippen LogP contribution in [-0.4, -0.2) is 25.0 Å². The molecule has 0 aromatic carbocycles. The highest BCUT2D eigenvalue weighted by atomic mass is 15.1. The Labute approximate surface area is 167 Å². The third kappa shape index (κ3) is 22.0. The summed E-state index contributed by atoms with van der Waals surface area (Å²) in [6.45, 7) is 7.23. The van der Waals surface area contributed by atoms with Crippen molar-refractivity contribution in [3.8, 4) is 0 Å². The third-order valence-electron chi connectivity index (χ3n) is 5.79. The molecule has 0 spiro atoms. The highest BCUT2D eigenvalue weighted by molar-refractivity contribution is 4.55. The fraction of sp³-hybridized carbons (Fsp3) is 1.00. The van der Waals surface area contributed by atoms with Crippen molar-refractivity contribution in [2.24, 2.45) is 0 Å². The first-order valence-corrected chi connectivity index (χ1v) is 12.5. The average molecular weight is 368 g/mol. The molecule has 0 amide bonds. The molecule has 0 aliphatic heterocycles. The third-order valence-corrected chi connectivity index (χ3v) is 5.79. The van der Waals surface area contributed by atoms with Crippen LogP contribution in [0.1, 0.15) is 142 Å². The average Bonchev–Trinajstić information content (AvgIpc) is 2.64. The van der Waals surface area contributed by atoms with Crippen molar-refractivity contribution in [2.45, 2.75) is 142 Å². The molecule has 0 saturated carbocycles. The van der Waals surface area contributed by atoms with Crippen LogP contribution in [0.25, 0.3) is 0 Å². The van der Waals surface area contributed by atoms with E-state index in [1.54, 1.807) is 0 Å². The molecule has 0 saturated heterocycles. The molecule has 0 bridgehead atoms. The van der Waals surface area contributed by atoms with Crippen LogP contribution in [0.15, 0.2) is 0 Å². The summed E-state index contributed by atoms with van der Waals surface area (Å²) in [4.78, 5) is 2.56. The Hall–Kier alpha value is -0.0400. The van der Waals surface area contributed by atoms with Crippen molar-refractivity contribution >= 4 is 0 Å². The largest absolute Gasteiger partial charge is 0.306 e. The Morgan fingerprint density at radius 1 is 0.346 bits per heavy atom. The van der Waals surface area contributed by atoms with E-state index in [2.05, 4.69) is 25.8 Å². The lowest BCUT2D eigenvalue weighted by atomic mass is 10.1. The van der Waals surface area contributed by atoms with Gasteiger partial charge in [0.1, 0.15) is 0 Å². The normalized spacial score (nSPS) is 11.5. The molecular weight excluding hydrogens is 314 g/mol. The Balaban J connectivity index is 3.12. The molecule has 1 heteroatoms. The quantitative estimate of drug-likeness (QED) is 0.173. The number of rotatable bonds is 22. The smallest absolute Gasteiger partial charge is 0.00218 e. The molecule has 0 aliphatic rings. The number of unbranched alkanes of at least 4 members (excludes halogenated alkanes) is 18. The van der Waals surface area contributed by atoms with E-state index in [-0.39, 0.29) is 0 Å². The summed E-state index contributed by atoms with van der Waals surface area (Å²) in [6.07, 6.45) is 28.9. The van der Waals surface area contributed by atoms with Crippen LogP contribution in [0.4, 0.5) is 0 Å². The molecule has 0 radical (unpaired) electrons. The summed E-state index contributed by atoms with van der Waals surface area (Å²) in [5, 5.41) is 0. The molecule has 0 aliphatic carbocycles. The predicted molar refractivity (Wildman–Crippen MR) is 121 cm³/mol. The molecular formula is C25H53N. The summed E-state index contributed by atoms with van der Waals surface area (Å²) in [7, 11) is 2.32. The summed E-state index contributed by atoms with van der Waals surface area (Å²) in [6, 6.07) is 0. The van der Waals surface area contributed by atoms with Gasteiger partial charge in [0, 0.05) is 0 Å². The van der Waals surface area contributed by atoms with Gasteiger partial charge in [-0.3, -0.25) is 0 Å². The van der Waals surface area contributed by atoms with Gasteiger partial charge in [0.25, 0.3) is 0 Å². The maximum absolute atomic E-state index is 2.56. The fourth-order valence-corrected chi connectivity index (χ4v) is 3.85. The van der Waals surface area contributed by atoms with Gasteiger partial charge in [0.2, 0.25) is 0 Å². The van der Waals surface area contributed by atoms with Crippen LogP contribution >= 0.6 is 0 Å². The highest BCUT2D eigenvalue weighted by Gasteiger charge is 1.99. The maximum atomic E-state index is 2.56. The zero-order valence-corrected chi connectivity index (χ0v) is 19.0. The van der Waals surface area contributed by atoms with E-state index >= 15 is 0 Å². The second kappa shape index (κ2) is 23.0. The van der Waals surface area contributed by atoms with Gasteiger partial charge >= 0.3 is 0 Å². The van der Waals surface area contributed by atoms with E-state index in [9.17, 15) is 0 Å². The Morgan fingerprint density at radius 2 is 0.577 bits per heavy atom. The number of hydrogen-bond acceptors (Lipinski definition) is 1. The van der Waals surface area contributed by atoms with Crippen LogP contribution in [0.5, 0.6) is 0 Å². The van der Waals surface area contributed by atoms with Crippen molar-refractivity contribution < 1.29 is 0 Å². The van der Waals surface area contributed by atoms with Crippen LogP contribution in [-0.2, 0) is 0 Å². The SMILES string of the molecule is CCCCCCCCCCCCN(C)CCCCCCCCCCCC. The minimum absolute atomic E-state index is 1.31. The van der Waals surface area contributed by atoms with Gasteiger partial charge in [-0.25, -0.2) is 0 Å². The topological polar surface area (TPSA) is 3.24 Å². The van der Waals surface area contributed by atoms with Gasteiger partial charge in [0.15, 0.2) is 0 Å². The van der Waals surface area contributed by atoms with Gasteiger partial charge in [-0.2, -0.15) is 0 Å². The molecule has 0 aromatic heterocycles. The molecule has 0 unspecified atom stereocenters. The molecule has 0 fully saturated rings. The lowest BCUT2D eigenvalue weighted by molar-refractivity contribution is 0.314. The first-order valence-electron chi connectivity index (χ1n) is 12.5. The summed E-state index contributed by atoms with van der Waals surface area (Å²) >= 11 is 0. The Morgan fingerprint density at radius 3 is 0.846 bits per heavy atom. The summed E-state index contributed by atoms with van der Waals surface area (Å²) in [5.41, 5.74) is 0. The monoisotopic (exact) mass is 367 g/mol. The van der Waals surface area contributed by atoms with Gasteiger partial charge in [-0.1, -0.05) is 129 Å². The molecule has 158 valence electrons. The van der Waals surface area contributed by atoms with E-state index in [4.69, 9.17) is 0 Å². The Kier molecular flexibility index (Phi) is 23.0. The van der Waals surface area contributed by atoms with Crippen LogP contribution in [0.3, 0.4) is 0 Å².